The van der Waals surface area contributed by atoms with Crippen molar-refractivity contribution in [3.8, 4) is 0 Å². The van der Waals surface area contributed by atoms with Gasteiger partial charge in [0.2, 0.25) is 0 Å². The maximum absolute atomic E-state index is 15.2. The fourth-order valence-corrected chi connectivity index (χ4v) is 4.66. The molecule has 1 fully saturated rings. The number of halogens is 1. The van der Waals surface area contributed by atoms with Crippen molar-refractivity contribution in [2.24, 2.45) is 7.05 Å². The smallest absolute Gasteiger partial charge is 0.156 e. The molecule has 2 atom stereocenters. The van der Waals surface area contributed by atoms with E-state index in [4.69, 9.17) is 4.74 Å². The number of ether oxygens (including phenoxy) is 1. The number of aryl methyl sites for hydroxylation is 1. The van der Waals surface area contributed by atoms with Gasteiger partial charge in [0.1, 0.15) is 22.9 Å². The van der Waals surface area contributed by atoms with Crippen LogP contribution in [-0.4, -0.2) is 67.4 Å². The van der Waals surface area contributed by atoms with Crippen molar-refractivity contribution in [3.63, 3.8) is 0 Å². The van der Waals surface area contributed by atoms with Crippen molar-refractivity contribution >= 4 is 33.7 Å². The summed E-state index contributed by atoms with van der Waals surface area (Å²) in [5.74, 6) is 0.484. The standard InChI is InChI=1S/C24H26FN9O2/c1-13(22-26-4-3-5-27-22)28-21-18(24(35)30-17-12-33(2)32-20(17)21)23-29-16-11-14(10-15(25)19(16)31-23)34-6-8-36-9-7-34/h3-5,10-13,24,28,30,35H,6-9H2,1-2H3,(H,29,31)/t13-,24?/m0/s1. The van der Waals surface area contributed by atoms with Crippen molar-refractivity contribution in [1.29, 1.82) is 0 Å². The van der Waals surface area contributed by atoms with Gasteiger partial charge in [-0.15, -0.1) is 0 Å². The SMILES string of the molecule is C[C@H](NC1=C(c2nc3c(F)cc(N4CCOCC4)cc3[nH]2)C(O)Nc2cn(C)nc21)c1ncccn1. The van der Waals surface area contributed by atoms with Crippen LogP contribution in [0.15, 0.2) is 36.8 Å². The molecule has 36 heavy (non-hydrogen) atoms. The summed E-state index contributed by atoms with van der Waals surface area (Å²) < 4.78 is 22.2. The number of aliphatic hydroxyl groups excluding tert-OH is 1. The third-order valence-corrected chi connectivity index (χ3v) is 6.39. The highest BCUT2D eigenvalue weighted by Crippen LogP contribution is 2.37. The average Bonchev–Trinajstić information content (AvgIpc) is 3.48. The molecule has 11 nitrogen and oxygen atoms in total. The predicted octanol–water partition coefficient (Wildman–Crippen LogP) is 2.03. The molecule has 0 bridgehead atoms. The third kappa shape index (κ3) is 3.93. The number of aliphatic hydroxyl groups is 1. The van der Waals surface area contributed by atoms with Gasteiger partial charge in [0.05, 0.1) is 41.7 Å². The first-order chi connectivity index (χ1) is 17.5. The Bertz CT molecular complexity index is 1440. The highest BCUT2D eigenvalue weighted by molar-refractivity contribution is 5.97. The van der Waals surface area contributed by atoms with Crippen LogP contribution >= 0.6 is 0 Å². The van der Waals surface area contributed by atoms with E-state index in [-0.39, 0.29) is 11.6 Å². The minimum absolute atomic E-state index is 0.201. The van der Waals surface area contributed by atoms with Gasteiger partial charge >= 0.3 is 0 Å². The Morgan fingerprint density at radius 2 is 2.00 bits per heavy atom. The molecule has 0 spiro atoms. The Morgan fingerprint density at radius 3 is 2.78 bits per heavy atom. The fourth-order valence-electron chi connectivity index (χ4n) is 4.66. The van der Waals surface area contributed by atoms with Gasteiger partial charge in [-0.2, -0.15) is 5.10 Å². The van der Waals surface area contributed by atoms with Gasteiger partial charge in [0.15, 0.2) is 12.0 Å². The van der Waals surface area contributed by atoms with Crippen LogP contribution in [0.5, 0.6) is 0 Å². The van der Waals surface area contributed by atoms with E-state index in [1.807, 2.05) is 13.0 Å². The maximum atomic E-state index is 15.2. The third-order valence-electron chi connectivity index (χ3n) is 6.39. The molecule has 2 aliphatic heterocycles. The van der Waals surface area contributed by atoms with E-state index in [0.717, 1.165) is 5.69 Å². The first-order valence-electron chi connectivity index (χ1n) is 11.8. The van der Waals surface area contributed by atoms with E-state index < -0.39 is 12.0 Å². The zero-order valence-corrected chi connectivity index (χ0v) is 19.9. The number of benzene rings is 1. The van der Waals surface area contributed by atoms with E-state index in [0.29, 0.717) is 66.1 Å². The lowest BCUT2D eigenvalue weighted by atomic mass is 10.0. The predicted molar refractivity (Wildman–Crippen MR) is 132 cm³/mol. The minimum Gasteiger partial charge on any atom is -0.378 e. The second-order valence-corrected chi connectivity index (χ2v) is 8.88. The van der Waals surface area contributed by atoms with Gasteiger partial charge < -0.3 is 30.4 Å². The van der Waals surface area contributed by atoms with Crippen molar-refractivity contribution in [2.75, 3.05) is 36.5 Å². The molecule has 1 unspecified atom stereocenters. The Labute approximate surface area is 206 Å². The van der Waals surface area contributed by atoms with Crippen LogP contribution in [0.1, 0.15) is 30.3 Å². The summed E-state index contributed by atoms with van der Waals surface area (Å²) in [6, 6.07) is 4.82. The van der Waals surface area contributed by atoms with Gasteiger partial charge in [-0.3, -0.25) is 4.68 Å². The van der Waals surface area contributed by atoms with Crippen LogP contribution in [0.3, 0.4) is 0 Å². The van der Waals surface area contributed by atoms with Gasteiger partial charge in [-0.25, -0.2) is 19.3 Å². The zero-order chi connectivity index (χ0) is 24.8. The Hall–Kier alpha value is -4.03. The molecule has 0 radical (unpaired) electrons. The Kier molecular flexibility index (Phi) is 5.53. The van der Waals surface area contributed by atoms with Crippen LogP contribution in [0.25, 0.3) is 22.3 Å². The number of imidazole rings is 1. The molecule has 4 aromatic rings. The van der Waals surface area contributed by atoms with Crippen LogP contribution in [0.2, 0.25) is 0 Å². The Balaban J connectivity index is 1.46. The van der Waals surface area contributed by atoms with Gasteiger partial charge in [0.25, 0.3) is 0 Å². The number of H-pyrrole nitrogens is 1. The average molecular weight is 492 g/mol. The molecular formula is C24H26FN9O2. The topological polar surface area (TPSA) is 129 Å². The van der Waals surface area contributed by atoms with E-state index in [1.54, 1.807) is 36.4 Å². The quantitative estimate of drug-likeness (QED) is 0.331. The normalized spacial score (nSPS) is 18.8. The van der Waals surface area contributed by atoms with Crippen LogP contribution < -0.4 is 15.5 Å². The van der Waals surface area contributed by atoms with E-state index in [1.165, 1.54) is 6.07 Å². The van der Waals surface area contributed by atoms with Crippen molar-refractivity contribution in [3.05, 3.63) is 59.9 Å². The number of rotatable bonds is 5. The van der Waals surface area contributed by atoms with Crippen LogP contribution in [0, 0.1) is 5.82 Å². The fraction of sp³-hybridized carbons (Fsp3) is 0.333. The lowest BCUT2D eigenvalue weighted by Crippen LogP contribution is -2.36. The number of aromatic amines is 1. The summed E-state index contributed by atoms with van der Waals surface area (Å²) in [6.07, 6.45) is 4.02. The van der Waals surface area contributed by atoms with Crippen LogP contribution in [0.4, 0.5) is 15.8 Å². The molecule has 5 heterocycles. The van der Waals surface area contributed by atoms with Gasteiger partial charge in [-0.1, -0.05) is 0 Å². The Morgan fingerprint density at radius 1 is 1.22 bits per heavy atom. The van der Waals surface area contributed by atoms with Crippen molar-refractivity contribution in [1.82, 2.24) is 35.0 Å². The number of anilines is 2. The number of nitrogens with one attached hydrogen (secondary N) is 3. The largest absolute Gasteiger partial charge is 0.378 e. The molecule has 1 aromatic carbocycles. The van der Waals surface area contributed by atoms with E-state index in [2.05, 4.69) is 40.6 Å². The second-order valence-electron chi connectivity index (χ2n) is 8.88. The highest BCUT2D eigenvalue weighted by atomic mass is 19.1. The highest BCUT2D eigenvalue weighted by Gasteiger charge is 2.32. The molecular weight excluding hydrogens is 465 g/mol. The summed E-state index contributed by atoms with van der Waals surface area (Å²) in [5, 5.41) is 22.2. The monoisotopic (exact) mass is 491 g/mol. The first kappa shape index (κ1) is 22.4. The van der Waals surface area contributed by atoms with Gasteiger partial charge in [-0.05, 0) is 25.1 Å². The molecule has 0 saturated carbocycles. The lowest BCUT2D eigenvalue weighted by molar-refractivity contribution is 0.122. The minimum atomic E-state index is -1.12. The number of aromatic nitrogens is 6. The molecule has 12 heteroatoms. The molecule has 6 rings (SSSR count). The second kappa shape index (κ2) is 8.88. The van der Waals surface area contributed by atoms with Crippen molar-refractivity contribution in [2.45, 2.75) is 19.2 Å². The van der Waals surface area contributed by atoms with Gasteiger partial charge in [0, 0.05) is 44.4 Å². The molecule has 0 amide bonds. The number of nitrogens with zero attached hydrogens (tertiary/aromatic N) is 6. The first-order valence-corrected chi connectivity index (χ1v) is 11.8. The number of hydrogen-bond donors (Lipinski definition) is 4. The molecule has 4 N–H and O–H groups in total. The zero-order valence-electron chi connectivity index (χ0n) is 19.9. The molecule has 2 aliphatic rings. The van der Waals surface area contributed by atoms with E-state index in [9.17, 15) is 5.11 Å². The summed E-state index contributed by atoms with van der Waals surface area (Å²) >= 11 is 0. The number of hydrogen-bond acceptors (Lipinski definition) is 9. The molecule has 3 aromatic heterocycles. The molecule has 0 aliphatic carbocycles. The summed E-state index contributed by atoms with van der Waals surface area (Å²) in [6.45, 7) is 4.50. The summed E-state index contributed by atoms with van der Waals surface area (Å²) in [7, 11) is 1.80. The van der Waals surface area contributed by atoms with E-state index >= 15 is 4.39 Å². The number of morpholine rings is 1. The molecule has 1 saturated heterocycles. The lowest BCUT2D eigenvalue weighted by Gasteiger charge is -2.28. The maximum Gasteiger partial charge on any atom is 0.156 e. The summed E-state index contributed by atoms with van der Waals surface area (Å²) in [5.41, 5.74) is 3.75. The summed E-state index contributed by atoms with van der Waals surface area (Å²) in [4.78, 5) is 18.5. The molecule has 186 valence electrons. The number of fused-ring (bicyclic) bond motifs is 2. The van der Waals surface area contributed by atoms with Crippen LogP contribution in [-0.2, 0) is 11.8 Å². The van der Waals surface area contributed by atoms with Crippen molar-refractivity contribution < 1.29 is 14.2 Å².